The normalized spacial score (nSPS) is 33.6. The van der Waals surface area contributed by atoms with Crippen molar-refractivity contribution in [2.45, 2.75) is 51.5 Å². The first-order valence-corrected chi connectivity index (χ1v) is 9.92. The van der Waals surface area contributed by atoms with Gasteiger partial charge < -0.3 is 4.90 Å². The molecule has 3 fully saturated rings. The van der Waals surface area contributed by atoms with Gasteiger partial charge in [-0.2, -0.15) is 0 Å². The van der Waals surface area contributed by atoms with E-state index < -0.39 is 10.0 Å². The number of piperidine rings is 1. The van der Waals surface area contributed by atoms with Crippen LogP contribution in [0.4, 0.5) is 0 Å². The van der Waals surface area contributed by atoms with Crippen LogP contribution >= 0.6 is 0 Å². The van der Waals surface area contributed by atoms with Gasteiger partial charge in [-0.1, -0.05) is 6.42 Å². The first-order chi connectivity index (χ1) is 9.98. The molecule has 1 aliphatic heterocycles. The summed E-state index contributed by atoms with van der Waals surface area (Å²) in [6.07, 6.45) is 6.37. The highest BCUT2D eigenvalue weighted by Gasteiger charge is 2.44. The monoisotopic (exact) mass is 314 g/mol. The number of nitrogens with one attached hydrogen (secondary N) is 1. The Morgan fingerprint density at radius 1 is 1.14 bits per heavy atom. The number of fused-ring (bicyclic) bond motifs is 2. The van der Waals surface area contributed by atoms with Crippen molar-refractivity contribution in [2.75, 3.05) is 18.8 Å². The van der Waals surface area contributed by atoms with Gasteiger partial charge in [-0.3, -0.25) is 4.79 Å². The van der Waals surface area contributed by atoms with E-state index in [9.17, 15) is 13.2 Å². The minimum Gasteiger partial charge on any atom is -0.342 e. The molecule has 5 nitrogen and oxygen atoms in total. The summed E-state index contributed by atoms with van der Waals surface area (Å²) in [7, 11) is -3.13. The highest BCUT2D eigenvalue weighted by atomic mass is 32.2. The van der Waals surface area contributed by atoms with Crippen molar-refractivity contribution in [3.8, 4) is 0 Å². The van der Waals surface area contributed by atoms with Crippen LogP contribution in [-0.2, 0) is 14.8 Å². The van der Waals surface area contributed by atoms with Gasteiger partial charge in [-0.25, -0.2) is 13.1 Å². The molecule has 0 aromatic rings. The molecular weight excluding hydrogens is 288 g/mol. The average molecular weight is 314 g/mol. The SMILES string of the molecule is CCS(=O)(=O)NC1CCN(C(=O)C2CC3CCC2C3)CC1. The highest BCUT2D eigenvalue weighted by Crippen LogP contribution is 2.49. The van der Waals surface area contributed by atoms with Crippen molar-refractivity contribution in [1.29, 1.82) is 0 Å². The van der Waals surface area contributed by atoms with Crippen molar-refractivity contribution in [3.05, 3.63) is 0 Å². The van der Waals surface area contributed by atoms with E-state index in [0.29, 0.717) is 24.9 Å². The van der Waals surface area contributed by atoms with Gasteiger partial charge >= 0.3 is 0 Å². The Labute approximate surface area is 127 Å². The molecule has 120 valence electrons. The fourth-order valence-corrected chi connectivity index (χ4v) is 5.25. The van der Waals surface area contributed by atoms with Crippen LogP contribution in [0.15, 0.2) is 0 Å². The predicted octanol–water partition coefficient (Wildman–Crippen LogP) is 1.35. The topological polar surface area (TPSA) is 66.5 Å². The van der Waals surface area contributed by atoms with Crippen molar-refractivity contribution in [1.82, 2.24) is 9.62 Å². The molecule has 3 atom stereocenters. The molecule has 1 heterocycles. The first kappa shape index (κ1) is 15.3. The lowest BCUT2D eigenvalue weighted by Crippen LogP contribution is -2.48. The molecular formula is C15H26N2O3S. The van der Waals surface area contributed by atoms with Crippen molar-refractivity contribution in [2.24, 2.45) is 17.8 Å². The maximum atomic E-state index is 12.6. The number of carbonyl (C=O) groups is 1. The lowest BCUT2D eigenvalue weighted by molar-refractivity contribution is -0.138. The van der Waals surface area contributed by atoms with E-state index in [4.69, 9.17) is 0 Å². The highest BCUT2D eigenvalue weighted by molar-refractivity contribution is 7.89. The molecule has 0 radical (unpaired) electrons. The molecule has 1 N–H and O–H groups in total. The first-order valence-electron chi connectivity index (χ1n) is 8.27. The predicted molar refractivity (Wildman–Crippen MR) is 81.1 cm³/mol. The zero-order valence-electron chi connectivity index (χ0n) is 12.8. The van der Waals surface area contributed by atoms with Crippen molar-refractivity contribution >= 4 is 15.9 Å². The fraction of sp³-hybridized carbons (Fsp3) is 0.933. The minimum atomic E-state index is -3.13. The Balaban J connectivity index is 1.50. The van der Waals surface area contributed by atoms with Crippen molar-refractivity contribution < 1.29 is 13.2 Å². The Hall–Kier alpha value is -0.620. The van der Waals surface area contributed by atoms with Crippen LogP contribution in [0.5, 0.6) is 0 Å². The van der Waals surface area contributed by atoms with Crippen LogP contribution in [0.2, 0.25) is 0 Å². The largest absolute Gasteiger partial charge is 0.342 e. The van der Waals surface area contributed by atoms with E-state index in [0.717, 1.165) is 25.2 Å². The summed E-state index contributed by atoms with van der Waals surface area (Å²) in [6.45, 7) is 3.05. The maximum Gasteiger partial charge on any atom is 0.225 e. The third-order valence-electron chi connectivity index (χ3n) is 5.59. The second-order valence-corrected chi connectivity index (χ2v) is 8.94. The molecule has 0 aromatic heterocycles. The summed E-state index contributed by atoms with van der Waals surface area (Å²) >= 11 is 0. The van der Waals surface area contributed by atoms with Crippen molar-refractivity contribution in [3.63, 3.8) is 0 Å². The Morgan fingerprint density at radius 3 is 2.38 bits per heavy atom. The summed E-state index contributed by atoms with van der Waals surface area (Å²) in [5.41, 5.74) is 0. The Bertz CT molecular complexity index is 497. The summed E-state index contributed by atoms with van der Waals surface area (Å²) in [4.78, 5) is 14.6. The number of nitrogens with zero attached hydrogens (tertiary/aromatic N) is 1. The standard InChI is InChI=1S/C15H26N2O3S/c1-2-21(19,20)16-13-5-7-17(8-6-13)15(18)14-10-11-3-4-12(14)9-11/h11-14,16H,2-10H2,1H3. The van der Waals surface area contributed by atoms with Gasteiger partial charge in [0.05, 0.1) is 5.75 Å². The zero-order valence-corrected chi connectivity index (χ0v) is 13.6. The minimum absolute atomic E-state index is 0.000899. The molecule has 1 amide bonds. The van der Waals surface area contributed by atoms with E-state index in [2.05, 4.69) is 4.72 Å². The van der Waals surface area contributed by atoms with Crippen LogP contribution in [0.3, 0.4) is 0 Å². The quantitative estimate of drug-likeness (QED) is 0.852. The molecule has 21 heavy (non-hydrogen) atoms. The van der Waals surface area contributed by atoms with Crippen LogP contribution in [-0.4, -0.2) is 44.1 Å². The van der Waals surface area contributed by atoms with Gasteiger partial charge in [0.2, 0.25) is 15.9 Å². The summed E-state index contributed by atoms with van der Waals surface area (Å²) in [5.74, 6) is 2.13. The summed E-state index contributed by atoms with van der Waals surface area (Å²) in [6, 6.07) is -0.000899. The molecule has 2 bridgehead atoms. The second-order valence-electron chi connectivity index (χ2n) is 6.90. The third-order valence-corrected chi connectivity index (χ3v) is 7.04. The molecule has 3 rings (SSSR count). The van der Waals surface area contributed by atoms with Gasteiger partial charge in [0, 0.05) is 25.0 Å². The molecule has 3 aliphatic rings. The second kappa shape index (κ2) is 5.88. The van der Waals surface area contributed by atoms with Crippen LogP contribution in [0.1, 0.15) is 45.4 Å². The zero-order chi connectivity index (χ0) is 15.0. The Morgan fingerprint density at radius 2 is 1.86 bits per heavy atom. The number of hydrogen-bond donors (Lipinski definition) is 1. The molecule has 6 heteroatoms. The van der Waals surface area contributed by atoms with Crippen LogP contribution < -0.4 is 4.72 Å². The van der Waals surface area contributed by atoms with E-state index in [1.165, 1.54) is 19.3 Å². The fourth-order valence-electron chi connectivity index (χ4n) is 4.34. The van der Waals surface area contributed by atoms with Gasteiger partial charge in [0.15, 0.2) is 0 Å². The molecule has 0 spiro atoms. The molecule has 0 aromatic carbocycles. The molecule has 1 saturated heterocycles. The third kappa shape index (κ3) is 3.26. The van der Waals surface area contributed by atoms with Gasteiger partial charge in [0.25, 0.3) is 0 Å². The van der Waals surface area contributed by atoms with Crippen LogP contribution in [0, 0.1) is 17.8 Å². The number of carbonyl (C=O) groups excluding carboxylic acids is 1. The van der Waals surface area contributed by atoms with Crippen LogP contribution in [0.25, 0.3) is 0 Å². The van der Waals surface area contributed by atoms with E-state index in [1.807, 2.05) is 4.90 Å². The lowest BCUT2D eigenvalue weighted by Gasteiger charge is -2.35. The number of rotatable bonds is 4. The molecule has 2 saturated carbocycles. The van der Waals surface area contributed by atoms with Gasteiger partial charge in [-0.05, 0) is 50.9 Å². The average Bonchev–Trinajstić information content (AvgIpc) is 3.10. The van der Waals surface area contributed by atoms with Gasteiger partial charge in [-0.15, -0.1) is 0 Å². The number of likely N-dealkylation sites (tertiary alicyclic amines) is 1. The Kier molecular flexibility index (Phi) is 4.28. The smallest absolute Gasteiger partial charge is 0.225 e. The summed E-state index contributed by atoms with van der Waals surface area (Å²) in [5, 5.41) is 0. The molecule has 3 unspecified atom stereocenters. The van der Waals surface area contributed by atoms with E-state index >= 15 is 0 Å². The molecule has 2 aliphatic carbocycles. The van der Waals surface area contributed by atoms with E-state index in [1.54, 1.807) is 6.92 Å². The number of amides is 1. The van der Waals surface area contributed by atoms with E-state index in [-0.39, 0.29) is 17.7 Å². The maximum absolute atomic E-state index is 12.6. The van der Waals surface area contributed by atoms with Gasteiger partial charge in [0.1, 0.15) is 0 Å². The lowest BCUT2D eigenvalue weighted by atomic mass is 9.87. The number of sulfonamides is 1. The summed E-state index contributed by atoms with van der Waals surface area (Å²) < 4.78 is 25.9. The number of hydrogen-bond acceptors (Lipinski definition) is 3.